The van der Waals surface area contributed by atoms with E-state index in [1.54, 1.807) is 11.9 Å². The number of alkyl halides is 1. The molecule has 0 spiro atoms. The molecule has 0 saturated heterocycles. The van der Waals surface area contributed by atoms with Crippen molar-refractivity contribution >= 4 is 23.5 Å². The molecule has 0 saturated carbocycles. The quantitative estimate of drug-likeness (QED) is 0.735. The number of carbonyl (C=O) groups is 1. The molecule has 0 aromatic carbocycles. The zero-order valence-electron chi connectivity index (χ0n) is 10.1. The third kappa shape index (κ3) is 4.60. The Morgan fingerprint density at radius 1 is 1.53 bits per heavy atom. The normalized spacial score (nSPS) is 10.3. The van der Waals surface area contributed by atoms with E-state index >= 15 is 0 Å². The second-order valence-electron chi connectivity index (χ2n) is 3.62. The van der Waals surface area contributed by atoms with Gasteiger partial charge in [-0.25, -0.2) is 0 Å². The second-order valence-corrected chi connectivity index (χ2v) is 4.00. The third-order valence-electron chi connectivity index (χ3n) is 2.04. The van der Waals surface area contributed by atoms with E-state index in [0.29, 0.717) is 30.8 Å². The Kier molecular flexibility index (Phi) is 5.76. The van der Waals surface area contributed by atoms with Crippen molar-refractivity contribution in [2.45, 2.75) is 19.8 Å². The minimum Gasteiger partial charge on any atom is -0.408 e. The minimum atomic E-state index is -0.0635. The summed E-state index contributed by atoms with van der Waals surface area (Å²) in [6.45, 7) is 2.87. The van der Waals surface area contributed by atoms with Crippen LogP contribution in [-0.4, -0.2) is 42.1 Å². The summed E-state index contributed by atoms with van der Waals surface area (Å²) in [6, 6.07) is 0.330. The van der Waals surface area contributed by atoms with E-state index in [0.717, 1.165) is 6.42 Å². The van der Waals surface area contributed by atoms with Gasteiger partial charge in [0.15, 0.2) is 0 Å². The van der Waals surface area contributed by atoms with Gasteiger partial charge < -0.3 is 14.6 Å². The van der Waals surface area contributed by atoms with Crippen molar-refractivity contribution in [3.8, 4) is 0 Å². The fourth-order valence-corrected chi connectivity index (χ4v) is 1.35. The lowest BCUT2D eigenvalue weighted by atomic mass is 10.4. The third-order valence-corrected chi connectivity index (χ3v) is 2.23. The molecule has 1 aromatic heterocycles. The Hall–Kier alpha value is -1.30. The van der Waals surface area contributed by atoms with Crippen LogP contribution in [0.3, 0.4) is 0 Å². The van der Waals surface area contributed by atoms with E-state index in [9.17, 15) is 4.79 Å². The molecule has 1 N–H and O–H groups in total. The molecule has 1 heterocycles. The van der Waals surface area contributed by atoms with Crippen molar-refractivity contribution in [2.75, 3.05) is 30.9 Å². The minimum absolute atomic E-state index is 0.0635. The number of amides is 1. The smallest absolute Gasteiger partial charge is 0.318 e. The lowest BCUT2D eigenvalue weighted by Gasteiger charge is -2.13. The van der Waals surface area contributed by atoms with Crippen LogP contribution in [0.25, 0.3) is 0 Å². The van der Waals surface area contributed by atoms with Gasteiger partial charge in [0.1, 0.15) is 6.54 Å². The van der Waals surface area contributed by atoms with Gasteiger partial charge in [-0.1, -0.05) is 12.0 Å². The molecule has 6 nitrogen and oxygen atoms in total. The zero-order chi connectivity index (χ0) is 12.7. The van der Waals surface area contributed by atoms with E-state index in [-0.39, 0.29) is 12.5 Å². The topological polar surface area (TPSA) is 71.3 Å². The molecule has 0 fully saturated rings. The molecule has 17 heavy (non-hydrogen) atoms. The van der Waals surface area contributed by atoms with Gasteiger partial charge in [0.2, 0.25) is 11.8 Å². The van der Waals surface area contributed by atoms with E-state index in [2.05, 4.69) is 15.5 Å². The standard InChI is InChI=1S/C10H17ClN4O2/c1-3-6-12-8(16)7-15(2)10-14-13-9(17-10)4-5-11/h3-7H2,1-2H3,(H,12,16). The number of nitrogens with one attached hydrogen (secondary N) is 1. The van der Waals surface area contributed by atoms with Gasteiger partial charge >= 0.3 is 6.01 Å². The molecule has 96 valence electrons. The summed E-state index contributed by atoms with van der Waals surface area (Å²) >= 11 is 5.56. The maximum atomic E-state index is 11.5. The highest BCUT2D eigenvalue weighted by molar-refractivity contribution is 6.17. The van der Waals surface area contributed by atoms with Crippen molar-refractivity contribution in [1.29, 1.82) is 0 Å². The molecule has 0 bridgehead atoms. The number of anilines is 1. The van der Waals surface area contributed by atoms with Crippen LogP contribution in [0, 0.1) is 0 Å². The molecule has 0 unspecified atom stereocenters. The van der Waals surface area contributed by atoms with Crippen LogP contribution in [-0.2, 0) is 11.2 Å². The maximum Gasteiger partial charge on any atom is 0.318 e. The van der Waals surface area contributed by atoms with E-state index in [4.69, 9.17) is 16.0 Å². The largest absolute Gasteiger partial charge is 0.408 e. The summed E-state index contributed by atoms with van der Waals surface area (Å²) in [5.41, 5.74) is 0. The van der Waals surface area contributed by atoms with Crippen LogP contribution >= 0.6 is 11.6 Å². The number of aryl methyl sites for hydroxylation is 1. The van der Waals surface area contributed by atoms with Gasteiger partial charge in [-0.15, -0.1) is 16.7 Å². The summed E-state index contributed by atoms with van der Waals surface area (Å²) in [7, 11) is 1.73. The van der Waals surface area contributed by atoms with Crippen LogP contribution in [0.4, 0.5) is 6.01 Å². The molecular formula is C10H17ClN4O2. The summed E-state index contributed by atoms with van der Waals surface area (Å²) in [5.74, 6) is 0.852. The molecule has 7 heteroatoms. The van der Waals surface area contributed by atoms with Crippen LogP contribution < -0.4 is 10.2 Å². The molecule has 1 rings (SSSR count). The van der Waals surface area contributed by atoms with Crippen LogP contribution in [0.15, 0.2) is 4.42 Å². The van der Waals surface area contributed by atoms with Crippen LogP contribution in [0.1, 0.15) is 19.2 Å². The number of halogens is 1. The molecule has 0 radical (unpaired) electrons. The van der Waals surface area contributed by atoms with Crippen LogP contribution in [0.2, 0.25) is 0 Å². The van der Waals surface area contributed by atoms with Gasteiger partial charge in [-0.05, 0) is 6.42 Å². The second kappa shape index (κ2) is 7.11. The number of aromatic nitrogens is 2. The fourth-order valence-electron chi connectivity index (χ4n) is 1.18. The molecule has 1 aromatic rings. The monoisotopic (exact) mass is 260 g/mol. The number of carbonyl (C=O) groups excluding carboxylic acids is 1. The zero-order valence-corrected chi connectivity index (χ0v) is 10.8. The first kappa shape index (κ1) is 13.8. The SMILES string of the molecule is CCCNC(=O)CN(C)c1nnc(CCCl)o1. The molecule has 1 amide bonds. The predicted octanol–water partition coefficient (Wildman–Crippen LogP) is 0.813. The lowest BCUT2D eigenvalue weighted by Crippen LogP contribution is -2.35. The van der Waals surface area contributed by atoms with Crippen molar-refractivity contribution in [3.63, 3.8) is 0 Å². The number of likely N-dealkylation sites (N-methyl/N-ethyl adjacent to an activating group) is 1. The van der Waals surface area contributed by atoms with E-state index < -0.39 is 0 Å². The molecule has 0 aliphatic rings. The summed E-state index contributed by atoms with van der Waals surface area (Å²) in [4.78, 5) is 13.1. The molecule has 0 atom stereocenters. The van der Waals surface area contributed by atoms with Crippen LogP contribution in [0.5, 0.6) is 0 Å². The van der Waals surface area contributed by atoms with Gasteiger partial charge in [0, 0.05) is 25.9 Å². The van der Waals surface area contributed by atoms with Gasteiger partial charge in [-0.3, -0.25) is 4.79 Å². The van der Waals surface area contributed by atoms with Crippen molar-refractivity contribution < 1.29 is 9.21 Å². The highest BCUT2D eigenvalue weighted by Gasteiger charge is 2.13. The first-order chi connectivity index (χ1) is 8.17. The summed E-state index contributed by atoms with van der Waals surface area (Å²) in [5, 5.41) is 10.4. The average molecular weight is 261 g/mol. The maximum absolute atomic E-state index is 11.5. The van der Waals surface area contributed by atoms with Crippen molar-refractivity contribution in [1.82, 2.24) is 15.5 Å². The Morgan fingerprint density at radius 3 is 2.94 bits per heavy atom. The summed E-state index contributed by atoms with van der Waals surface area (Å²) in [6.07, 6.45) is 1.44. The van der Waals surface area contributed by atoms with Crippen molar-refractivity contribution in [2.24, 2.45) is 0 Å². The molecule has 0 aliphatic heterocycles. The van der Waals surface area contributed by atoms with Gasteiger partial charge in [0.25, 0.3) is 0 Å². The average Bonchev–Trinajstić information content (AvgIpc) is 2.75. The highest BCUT2D eigenvalue weighted by atomic mass is 35.5. The predicted molar refractivity (Wildman–Crippen MR) is 65.3 cm³/mol. The van der Waals surface area contributed by atoms with Gasteiger partial charge in [-0.2, -0.15) is 0 Å². The number of rotatable bonds is 7. The number of hydrogen-bond acceptors (Lipinski definition) is 5. The van der Waals surface area contributed by atoms with Gasteiger partial charge in [0.05, 0.1) is 0 Å². The summed E-state index contributed by atoms with van der Waals surface area (Å²) < 4.78 is 5.33. The first-order valence-corrected chi connectivity index (χ1v) is 6.07. The Labute approximate surface area is 105 Å². The highest BCUT2D eigenvalue weighted by Crippen LogP contribution is 2.10. The Balaban J connectivity index is 2.45. The number of nitrogens with zero attached hydrogens (tertiary/aromatic N) is 3. The molecular weight excluding hydrogens is 244 g/mol. The first-order valence-electron chi connectivity index (χ1n) is 5.53. The fraction of sp³-hybridized carbons (Fsp3) is 0.700. The van der Waals surface area contributed by atoms with E-state index in [1.165, 1.54) is 0 Å². The van der Waals surface area contributed by atoms with E-state index in [1.807, 2.05) is 6.92 Å². The Morgan fingerprint density at radius 2 is 2.29 bits per heavy atom. The number of hydrogen-bond donors (Lipinski definition) is 1. The Bertz CT molecular complexity index is 356. The van der Waals surface area contributed by atoms with Crippen molar-refractivity contribution in [3.05, 3.63) is 5.89 Å². The molecule has 0 aliphatic carbocycles. The lowest BCUT2D eigenvalue weighted by molar-refractivity contribution is -0.119.